The van der Waals surface area contributed by atoms with Crippen LogP contribution < -0.4 is 14.4 Å². The minimum Gasteiger partial charge on any atom is -0.481 e. The van der Waals surface area contributed by atoms with Crippen molar-refractivity contribution in [1.82, 2.24) is 5.32 Å². The van der Waals surface area contributed by atoms with Crippen molar-refractivity contribution < 1.29 is 22.7 Å². The summed E-state index contributed by atoms with van der Waals surface area (Å²) in [4.78, 5) is 12.2. The molecule has 148 valence electrons. The lowest BCUT2D eigenvalue weighted by Crippen LogP contribution is -2.38. The van der Waals surface area contributed by atoms with Crippen LogP contribution in [0.1, 0.15) is 33.6 Å². The van der Waals surface area contributed by atoms with Gasteiger partial charge in [-0.15, -0.1) is 0 Å². The van der Waals surface area contributed by atoms with Gasteiger partial charge >= 0.3 is 0 Å². The van der Waals surface area contributed by atoms with Crippen LogP contribution >= 0.6 is 0 Å². The molecule has 0 saturated heterocycles. The molecule has 0 fully saturated rings. The van der Waals surface area contributed by atoms with Gasteiger partial charge in [0.2, 0.25) is 10.0 Å². The Kier molecular flexibility index (Phi) is 8.87. The van der Waals surface area contributed by atoms with Gasteiger partial charge in [-0.2, -0.15) is 0 Å². The Labute approximate surface area is 156 Å². The first-order valence-corrected chi connectivity index (χ1v) is 10.6. The van der Waals surface area contributed by atoms with E-state index >= 15 is 0 Å². The van der Waals surface area contributed by atoms with Gasteiger partial charge in [0.25, 0.3) is 5.91 Å². The zero-order valence-corrected chi connectivity index (χ0v) is 17.0. The van der Waals surface area contributed by atoms with Crippen molar-refractivity contribution in [3.8, 4) is 5.75 Å². The van der Waals surface area contributed by atoms with Crippen molar-refractivity contribution in [2.45, 2.75) is 45.8 Å². The highest BCUT2D eigenvalue weighted by atomic mass is 32.2. The van der Waals surface area contributed by atoms with Crippen LogP contribution in [-0.4, -0.2) is 53.0 Å². The zero-order chi connectivity index (χ0) is 19.7. The third-order valence-corrected chi connectivity index (χ3v) is 4.92. The standard InChI is InChI=1S/C18H30N2O5S/c1-6-17(18(21)19-12-7-13-24-14(2)3)25-16-10-8-15(9-11-16)20(4)26(5,22)23/h8-11,14,17H,6-7,12-13H2,1-5H3,(H,19,21)/t17-/m0/s1. The second-order valence-corrected chi connectivity index (χ2v) is 8.32. The Bertz CT molecular complexity index is 659. The van der Waals surface area contributed by atoms with E-state index < -0.39 is 16.1 Å². The zero-order valence-electron chi connectivity index (χ0n) is 16.2. The Morgan fingerprint density at radius 2 is 1.85 bits per heavy atom. The van der Waals surface area contributed by atoms with E-state index in [4.69, 9.17) is 9.47 Å². The number of ether oxygens (including phenoxy) is 2. The third-order valence-electron chi connectivity index (χ3n) is 3.71. The van der Waals surface area contributed by atoms with Gasteiger partial charge in [-0.05, 0) is 51.0 Å². The van der Waals surface area contributed by atoms with Gasteiger partial charge in [-0.3, -0.25) is 9.10 Å². The van der Waals surface area contributed by atoms with Crippen molar-refractivity contribution in [1.29, 1.82) is 0 Å². The molecular formula is C18H30N2O5S. The molecule has 0 spiro atoms. The van der Waals surface area contributed by atoms with Gasteiger partial charge in [-0.1, -0.05) is 6.92 Å². The molecule has 7 nitrogen and oxygen atoms in total. The van der Waals surface area contributed by atoms with Gasteiger partial charge in [-0.25, -0.2) is 8.42 Å². The Hall–Kier alpha value is -1.80. The average Bonchev–Trinajstić information content (AvgIpc) is 2.58. The molecule has 26 heavy (non-hydrogen) atoms. The highest BCUT2D eigenvalue weighted by Gasteiger charge is 2.18. The SMILES string of the molecule is CC[C@H](Oc1ccc(N(C)S(C)(=O)=O)cc1)C(=O)NCCCOC(C)C. The van der Waals surface area contributed by atoms with Crippen molar-refractivity contribution in [2.24, 2.45) is 0 Å². The molecule has 0 unspecified atom stereocenters. The number of anilines is 1. The summed E-state index contributed by atoms with van der Waals surface area (Å²) < 4.78 is 35.4. The van der Waals surface area contributed by atoms with Crippen molar-refractivity contribution in [3.63, 3.8) is 0 Å². The molecule has 0 bridgehead atoms. The van der Waals surface area contributed by atoms with Gasteiger partial charge < -0.3 is 14.8 Å². The maximum Gasteiger partial charge on any atom is 0.261 e. The van der Waals surface area contributed by atoms with E-state index in [1.807, 2.05) is 20.8 Å². The first kappa shape index (κ1) is 22.2. The molecule has 1 aromatic carbocycles. The third kappa shape index (κ3) is 7.61. The second-order valence-electron chi connectivity index (χ2n) is 6.30. The quantitative estimate of drug-likeness (QED) is 0.589. The van der Waals surface area contributed by atoms with Crippen molar-refractivity contribution >= 4 is 21.6 Å². The number of hydrogen-bond donors (Lipinski definition) is 1. The summed E-state index contributed by atoms with van der Waals surface area (Å²) in [5, 5.41) is 2.85. The van der Waals surface area contributed by atoms with E-state index in [-0.39, 0.29) is 12.0 Å². The van der Waals surface area contributed by atoms with Crippen LogP contribution in [0, 0.1) is 0 Å². The lowest BCUT2D eigenvalue weighted by Gasteiger charge is -2.19. The van der Waals surface area contributed by atoms with Crippen LogP contribution in [0.4, 0.5) is 5.69 Å². The maximum absolute atomic E-state index is 12.2. The summed E-state index contributed by atoms with van der Waals surface area (Å²) in [5.41, 5.74) is 0.530. The van der Waals surface area contributed by atoms with E-state index in [1.165, 1.54) is 11.4 Å². The smallest absolute Gasteiger partial charge is 0.261 e. The topological polar surface area (TPSA) is 84.9 Å². The number of sulfonamides is 1. The number of carbonyl (C=O) groups excluding carboxylic acids is 1. The van der Waals surface area contributed by atoms with Gasteiger partial charge in [0, 0.05) is 20.2 Å². The summed E-state index contributed by atoms with van der Waals surface area (Å²) in [5.74, 6) is 0.343. The highest BCUT2D eigenvalue weighted by molar-refractivity contribution is 7.92. The molecule has 8 heteroatoms. The number of nitrogens with one attached hydrogen (secondary N) is 1. The number of rotatable bonds is 11. The fourth-order valence-electron chi connectivity index (χ4n) is 2.13. The molecule has 0 aliphatic carbocycles. The van der Waals surface area contributed by atoms with Gasteiger partial charge in [0.1, 0.15) is 5.75 Å². The molecule has 0 aliphatic rings. The predicted molar refractivity (Wildman–Crippen MR) is 103 cm³/mol. The van der Waals surface area contributed by atoms with Crippen LogP contribution in [0.3, 0.4) is 0 Å². The minimum atomic E-state index is -3.31. The molecule has 1 aromatic rings. The lowest BCUT2D eigenvalue weighted by molar-refractivity contribution is -0.128. The van der Waals surface area contributed by atoms with Crippen LogP contribution in [0.2, 0.25) is 0 Å². The molecule has 1 atom stereocenters. The summed E-state index contributed by atoms with van der Waals surface area (Å²) in [6, 6.07) is 6.60. The van der Waals surface area contributed by atoms with E-state index in [1.54, 1.807) is 24.3 Å². The fraction of sp³-hybridized carbons (Fsp3) is 0.611. The summed E-state index contributed by atoms with van der Waals surface area (Å²) in [6.45, 7) is 6.95. The molecule has 1 amide bonds. The lowest BCUT2D eigenvalue weighted by atomic mass is 10.2. The molecule has 0 heterocycles. The maximum atomic E-state index is 12.2. The molecule has 0 aliphatic heterocycles. The highest BCUT2D eigenvalue weighted by Crippen LogP contribution is 2.21. The number of benzene rings is 1. The minimum absolute atomic E-state index is 0.172. The van der Waals surface area contributed by atoms with E-state index in [0.717, 1.165) is 12.7 Å². The van der Waals surface area contributed by atoms with Crippen LogP contribution in [0.15, 0.2) is 24.3 Å². The van der Waals surface area contributed by atoms with Crippen LogP contribution in [-0.2, 0) is 19.6 Å². The monoisotopic (exact) mass is 386 g/mol. The Balaban J connectivity index is 2.55. The Morgan fingerprint density at radius 1 is 1.23 bits per heavy atom. The summed E-state index contributed by atoms with van der Waals surface area (Å²) in [6.07, 6.45) is 1.99. The fourth-order valence-corrected chi connectivity index (χ4v) is 2.63. The molecule has 0 radical (unpaired) electrons. The van der Waals surface area contributed by atoms with Crippen LogP contribution in [0.5, 0.6) is 5.75 Å². The largest absolute Gasteiger partial charge is 0.481 e. The number of nitrogens with zero attached hydrogens (tertiary/aromatic N) is 1. The summed E-state index contributed by atoms with van der Waals surface area (Å²) >= 11 is 0. The molecular weight excluding hydrogens is 356 g/mol. The number of carbonyl (C=O) groups is 1. The molecule has 0 aromatic heterocycles. The second kappa shape index (κ2) is 10.4. The predicted octanol–water partition coefficient (Wildman–Crippen LogP) is 2.17. The van der Waals surface area contributed by atoms with E-state index in [2.05, 4.69) is 5.32 Å². The van der Waals surface area contributed by atoms with Crippen molar-refractivity contribution in [3.05, 3.63) is 24.3 Å². The van der Waals surface area contributed by atoms with E-state index in [0.29, 0.717) is 31.0 Å². The first-order valence-electron chi connectivity index (χ1n) is 8.75. The molecule has 1 rings (SSSR count). The molecule has 0 saturated carbocycles. The summed E-state index contributed by atoms with van der Waals surface area (Å²) in [7, 11) is -1.83. The number of hydrogen-bond acceptors (Lipinski definition) is 5. The van der Waals surface area contributed by atoms with E-state index in [9.17, 15) is 13.2 Å². The van der Waals surface area contributed by atoms with Crippen molar-refractivity contribution in [2.75, 3.05) is 30.8 Å². The Morgan fingerprint density at radius 3 is 2.35 bits per heavy atom. The van der Waals surface area contributed by atoms with Gasteiger partial charge in [0.05, 0.1) is 18.0 Å². The first-order chi connectivity index (χ1) is 12.1. The van der Waals surface area contributed by atoms with Crippen LogP contribution in [0.25, 0.3) is 0 Å². The average molecular weight is 387 g/mol. The molecule has 1 N–H and O–H groups in total. The van der Waals surface area contributed by atoms with Gasteiger partial charge in [0.15, 0.2) is 6.10 Å². The number of amides is 1. The normalized spacial score (nSPS) is 12.7.